The quantitative estimate of drug-likeness (QED) is 0.727. The summed E-state index contributed by atoms with van der Waals surface area (Å²) >= 11 is 0. The van der Waals surface area contributed by atoms with Crippen molar-refractivity contribution >= 4 is 15.7 Å². The van der Waals surface area contributed by atoms with Crippen molar-refractivity contribution in [2.75, 3.05) is 58.1 Å². The van der Waals surface area contributed by atoms with Gasteiger partial charge in [-0.05, 0) is 43.6 Å². The van der Waals surface area contributed by atoms with Crippen molar-refractivity contribution < 1.29 is 13.2 Å². The normalized spacial score (nSPS) is 17.1. The maximum atomic E-state index is 12.1. The lowest BCUT2D eigenvalue weighted by molar-refractivity contribution is 0.216. The zero-order valence-electron chi connectivity index (χ0n) is 14.9. The third-order valence-corrected chi connectivity index (χ3v) is 5.74. The zero-order valence-corrected chi connectivity index (χ0v) is 15.7. The highest BCUT2D eigenvalue weighted by atomic mass is 32.2. The molecule has 1 aromatic rings. The number of hydrogen-bond donors (Lipinski definition) is 1. The molecule has 0 spiro atoms. The molecule has 0 unspecified atom stereocenters. The summed E-state index contributed by atoms with van der Waals surface area (Å²) in [4.78, 5) is 4.42. The van der Waals surface area contributed by atoms with E-state index in [9.17, 15) is 8.42 Å². The van der Waals surface area contributed by atoms with Crippen molar-refractivity contribution in [1.29, 1.82) is 0 Å². The molecule has 24 heavy (non-hydrogen) atoms. The van der Waals surface area contributed by atoms with Crippen LogP contribution in [0.3, 0.4) is 0 Å². The van der Waals surface area contributed by atoms with Gasteiger partial charge in [0.1, 0.15) is 0 Å². The highest BCUT2D eigenvalue weighted by Crippen LogP contribution is 2.26. The van der Waals surface area contributed by atoms with Gasteiger partial charge in [0.2, 0.25) is 10.0 Å². The van der Waals surface area contributed by atoms with Crippen molar-refractivity contribution in [2.45, 2.75) is 18.9 Å². The second-order valence-corrected chi connectivity index (χ2v) is 8.33. The Labute approximate surface area is 145 Å². The third kappa shape index (κ3) is 5.44. The van der Waals surface area contributed by atoms with Gasteiger partial charge in [-0.25, -0.2) is 13.1 Å². The minimum Gasteiger partial charge on any atom is -0.384 e. The van der Waals surface area contributed by atoms with Gasteiger partial charge in [0.15, 0.2) is 0 Å². The Morgan fingerprint density at radius 1 is 1.21 bits per heavy atom. The molecule has 0 aromatic heterocycles. The summed E-state index contributed by atoms with van der Waals surface area (Å²) in [5, 5.41) is 0. The molecule has 7 heteroatoms. The number of nitrogens with zero attached hydrogens (tertiary/aromatic N) is 2. The van der Waals surface area contributed by atoms with Gasteiger partial charge in [0.05, 0.1) is 12.4 Å². The van der Waals surface area contributed by atoms with Crippen molar-refractivity contribution in [1.82, 2.24) is 9.62 Å². The average molecular weight is 356 g/mol. The number of rotatable bonds is 9. The standard InChI is InChI=1S/C17H29N3O3S/c1-19(2)16-8-6-15(7-9-16)17(20-10-4-5-11-20)14-18-24(21,22)13-12-23-3/h6-9,17-18H,4-5,10-14H2,1-3H3/t17-/m0/s1. The summed E-state index contributed by atoms with van der Waals surface area (Å²) in [6.45, 7) is 2.63. The summed E-state index contributed by atoms with van der Waals surface area (Å²) in [6, 6.07) is 8.43. The number of nitrogens with one attached hydrogen (secondary N) is 1. The molecule has 0 bridgehead atoms. The highest BCUT2D eigenvalue weighted by molar-refractivity contribution is 7.89. The van der Waals surface area contributed by atoms with Crippen LogP contribution < -0.4 is 9.62 Å². The fourth-order valence-electron chi connectivity index (χ4n) is 2.98. The summed E-state index contributed by atoms with van der Waals surface area (Å²) in [7, 11) is 2.22. The van der Waals surface area contributed by atoms with Crippen molar-refractivity contribution in [2.24, 2.45) is 0 Å². The molecule has 0 aliphatic carbocycles. The second-order valence-electron chi connectivity index (χ2n) is 6.40. The lowest BCUT2D eigenvalue weighted by Gasteiger charge is -2.28. The van der Waals surface area contributed by atoms with Crippen molar-refractivity contribution in [3.63, 3.8) is 0 Å². The fraction of sp³-hybridized carbons (Fsp3) is 0.647. The molecule has 1 aromatic carbocycles. The lowest BCUT2D eigenvalue weighted by Crippen LogP contribution is -2.38. The first-order chi connectivity index (χ1) is 11.4. The molecular weight excluding hydrogens is 326 g/mol. The van der Waals surface area contributed by atoms with Crippen LogP contribution in [-0.2, 0) is 14.8 Å². The first-order valence-electron chi connectivity index (χ1n) is 8.40. The molecular formula is C17H29N3O3S. The summed E-state index contributed by atoms with van der Waals surface area (Å²) in [5.74, 6) is -0.00418. The number of likely N-dealkylation sites (tertiary alicyclic amines) is 1. The molecule has 1 atom stereocenters. The van der Waals surface area contributed by atoms with E-state index in [0.717, 1.165) is 24.3 Å². The summed E-state index contributed by atoms with van der Waals surface area (Å²) in [6.07, 6.45) is 2.34. The monoisotopic (exact) mass is 355 g/mol. The van der Waals surface area contributed by atoms with E-state index in [-0.39, 0.29) is 18.4 Å². The zero-order chi connectivity index (χ0) is 17.6. The molecule has 0 saturated carbocycles. The average Bonchev–Trinajstić information content (AvgIpc) is 3.08. The Hall–Kier alpha value is -1.15. The predicted octanol–water partition coefficient (Wildman–Crippen LogP) is 1.46. The van der Waals surface area contributed by atoms with Gasteiger partial charge >= 0.3 is 0 Å². The molecule has 1 saturated heterocycles. The molecule has 0 amide bonds. The number of sulfonamides is 1. The van der Waals surface area contributed by atoms with E-state index >= 15 is 0 Å². The van der Waals surface area contributed by atoms with Crippen LogP contribution in [0.5, 0.6) is 0 Å². The minimum absolute atomic E-state index is 0.00418. The molecule has 1 aliphatic heterocycles. The van der Waals surface area contributed by atoms with Crippen LogP contribution in [0.2, 0.25) is 0 Å². The maximum absolute atomic E-state index is 12.1. The Bertz CT molecular complexity index is 596. The molecule has 1 fully saturated rings. The Morgan fingerprint density at radius 3 is 2.38 bits per heavy atom. The molecule has 136 valence electrons. The molecule has 0 radical (unpaired) electrons. The van der Waals surface area contributed by atoms with Gasteiger partial charge in [-0.2, -0.15) is 0 Å². The van der Waals surface area contributed by atoms with E-state index in [0.29, 0.717) is 6.54 Å². The van der Waals surface area contributed by atoms with Crippen LogP contribution >= 0.6 is 0 Å². The highest BCUT2D eigenvalue weighted by Gasteiger charge is 2.25. The third-order valence-electron chi connectivity index (χ3n) is 4.43. The smallest absolute Gasteiger partial charge is 0.213 e. The van der Waals surface area contributed by atoms with E-state index in [1.54, 1.807) is 0 Å². The number of ether oxygens (including phenoxy) is 1. The number of benzene rings is 1. The van der Waals surface area contributed by atoms with E-state index in [2.05, 4.69) is 38.8 Å². The first kappa shape index (κ1) is 19.2. The van der Waals surface area contributed by atoms with Gasteiger partial charge in [0, 0.05) is 39.5 Å². The van der Waals surface area contributed by atoms with E-state index in [1.807, 2.05) is 14.1 Å². The van der Waals surface area contributed by atoms with Gasteiger partial charge in [0.25, 0.3) is 0 Å². The van der Waals surface area contributed by atoms with Gasteiger partial charge < -0.3 is 9.64 Å². The van der Waals surface area contributed by atoms with Gasteiger partial charge in [-0.3, -0.25) is 4.90 Å². The largest absolute Gasteiger partial charge is 0.384 e. The Morgan fingerprint density at radius 2 is 1.83 bits per heavy atom. The van der Waals surface area contributed by atoms with Crippen LogP contribution in [0, 0.1) is 0 Å². The lowest BCUT2D eigenvalue weighted by atomic mass is 10.1. The van der Waals surface area contributed by atoms with Gasteiger partial charge in [-0.15, -0.1) is 0 Å². The molecule has 1 heterocycles. The van der Waals surface area contributed by atoms with E-state index in [1.165, 1.54) is 20.0 Å². The molecule has 6 nitrogen and oxygen atoms in total. The first-order valence-corrected chi connectivity index (χ1v) is 10.1. The molecule has 2 rings (SSSR count). The number of methoxy groups -OCH3 is 1. The maximum Gasteiger partial charge on any atom is 0.213 e. The predicted molar refractivity (Wildman–Crippen MR) is 98.0 cm³/mol. The van der Waals surface area contributed by atoms with E-state index in [4.69, 9.17) is 4.74 Å². The van der Waals surface area contributed by atoms with Crippen molar-refractivity contribution in [3.05, 3.63) is 29.8 Å². The Balaban J connectivity index is 2.10. The van der Waals surface area contributed by atoms with Crippen molar-refractivity contribution in [3.8, 4) is 0 Å². The summed E-state index contributed by atoms with van der Waals surface area (Å²) in [5.41, 5.74) is 2.29. The SMILES string of the molecule is COCCS(=O)(=O)NC[C@@H](c1ccc(N(C)C)cc1)N1CCCC1. The van der Waals surface area contributed by atoms with Crippen LogP contribution in [0.4, 0.5) is 5.69 Å². The minimum atomic E-state index is -3.31. The number of anilines is 1. The topological polar surface area (TPSA) is 61.9 Å². The fourth-order valence-corrected chi connectivity index (χ4v) is 3.92. The van der Waals surface area contributed by atoms with Crippen LogP contribution in [0.25, 0.3) is 0 Å². The Kier molecular flexibility index (Phi) is 7.03. The van der Waals surface area contributed by atoms with Crippen LogP contribution in [0.15, 0.2) is 24.3 Å². The van der Waals surface area contributed by atoms with E-state index < -0.39 is 10.0 Å². The summed E-state index contributed by atoms with van der Waals surface area (Å²) < 4.78 is 31.8. The molecule has 1 aliphatic rings. The van der Waals surface area contributed by atoms with Crippen LogP contribution in [0.1, 0.15) is 24.4 Å². The molecule has 1 N–H and O–H groups in total. The van der Waals surface area contributed by atoms with Gasteiger partial charge in [-0.1, -0.05) is 12.1 Å². The number of hydrogen-bond acceptors (Lipinski definition) is 5. The van der Waals surface area contributed by atoms with Crippen LogP contribution in [-0.4, -0.2) is 66.5 Å². The second kappa shape index (κ2) is 8.80.